The van der Waals surface area contributed by atoms with Gasteiger partial charge in [0.1, 0.15) is 11.5 Å². The predicted molar refractivity (Wildman–Crippen MR) is 87.1 cm³/mol. The van der Waals surface area contributed by atoms with E-state index in [2.05, 4.69) is 5.32 Å². The molecule has 0 fully saturated rings. The molecule has 0 bridgehead atoms. The first-order valence-corrected chi connectivity index (χ1v) is 7.45. The molecule has 5 nitrogen and oxygen atoms in total. The van der Waals surface area contributed by atoms with Gasteiger partial charge in [-0.15, -0.1) is 0 Å². The number of hydrogen-bond acceptors (Lipinski definition) is 3. The largest absolute Gasteiger partial charge is 0.467 e. The number of nitrogens with zero attached hydrogens (tertiary/aromatic N) is 1. The maximum absolute atomic E-state index is 12.5. The van der Waals surface area contributed by atoms with Gasteiger partial charge in [-0.05, 0) is 48.5 Å². The van der Waals surface area contributed by atoms with E-state index in [1.807, 2.05) is 12.1 Å². The van der Waals surface area contributed by atoms with E-state index >= 15 is 0 Å². The number of nitrogens with one attached hydrogen (secondary N) is 1. The van der Waals surface area contributed by atoms with Crippen LogP contribution in [0.15, 0.2) is 69.9 Å². The summed E-state index contributed by atoms with van der Waals surface area (Å²) in [5.74, 6) is 1.39. The summed E-state index contributed by atoms with van der Waals surface area (Å²) in [6, 6.07) is 13.9. The van der Waals surface area contributed by atoms with E-state index in [1.165, 1.54) is 0 Å². The number of rotatable bonds is 5. The van der Waals surface area contributed by atoms with Crippen molar-refractivity contribution in [1.29, 1.82) is 0 Å². The third-order valence-corrected chi connectivity index (χ3v) is 3.49. The Kier molecular flexibility index (Phi) is 4.68. The molecule has 0 spiro atoms. The lowest BCUT2D eigenvalue weighted by Gasteiger charge is -2.21. The second-order valence-corrected chi connectivity index (χ2v) is 5.39. The van der Waals surface area contributed by atoms with Gasteiger partial charge in [-0.25, -0.2) is 4.79 Å². The van der Waals surface area contributed by atoms with Crippen molar-refractivity contribution in [2.45, 2.75) is 13.1 Å². The Balaban J connectivity index is 1.73. The van der Waals surface area contributed by atoms with E-state index in [4.69, 9.17) is 20.4 Å². The zero-order chi connectivity index (χ0) is 16.1. The zero-order valence-electron chi connectivity index (χ0n) is 12.2. The summed E-state index contributed by atoms with van der Waals surface area (Å²) in [6.45, 7) is 0.681. The average Bonchev–Trinajstić information content (AvgIpc) is 3.22. The molecule has 2 amide bonds. The minimum absolute atomic E-state index is 0.250. The Morgan fingerprint density at radius 3 is 2.00 bits per heavy atom. The fourth-order valence-electron chi connectivity index (χ4n) is 2.12. The molecule has 0 radical (unpaired) electrons. The van der Waals surface area contributed by atoms with Crippen LogP contribution in [-0.4, -0.2) is 10.9 Å². The van der Waals surface area contributed by atoms with Crippen molar-refractivity contribution in [3.63, 3.8) is 0 Å². The molecule has 3 rings (SSSR count). The maximum Gasteiger partial charge on any atom is 0.322 e. The molecule has 6 heteroatoms. The van der Waals surface area contributed by atoms with Crippen molar-refractivity contribution in [3.8, 4) is 0 Å². The second-order valence-electron chi connectivity index (χ2n) is 4.95. The van der Waals surface area contributed by atoms with Crippen molar-refractivity contribution in [1.82, 2.24) is 4.90 Å². The molecular weight excluding hydrogens is 316 g/mol. The third-order valence-electron chi connectivity index (χ3n) is 3.24. The summed E-state index contributed by atoms with van der Waals surface area (Å²) < 4.78 is 10.7. The fraction of sp³-hybridized carbons (Fsp3) is 0.118. The first-order chi connectivity index (χ1) is 11.2. The number of amides is 2. The summed E-state index contributed by atoms with van der Waals surface area (Å²) >= 11 is 5.85. The van der Waals surface area contributed by atoms with E-state index in [9.17, 15) is 4.79 Å². The number of halogens is 1. The van der Waals surface area contributed by atoms with Crippen LogP contribution in [0.2, 0.25) is 5.02 Å². The highest BCUT2D eigenvalue weighted by molar-refractivity contribution is 6.30. The lowest BCUT2D eigenvalue weighted by molar-refractivity contribution is 0.195. The molecule has 0 atom stereocenters. The van der Waals surface area contributed by atoms with E-state index in [1.54, 1.807) is 53.8 Å². The van der Waals surface area contributed by atoms with E-state index in [0.29, 0.717) is 35.3 Å². The van der Waals surface area contributed by atoms with Crippen LogP contribution in [0.4, 0.5) is 10.5 Å². The van der Waals surface area contributed by atoms with Crippen molar-refractivity contribution in [2.24, 2.45) is 0 Å². The summed E-state index contributed by atoms with van der Waals surface area (Å²) in [6.07, 6.45) is 3.16. The molecule has 0 unspecified atom stereocenters. The summed E-state index contributed by atoms with van der Waals surface area (Å²) in [5.41, 5.74) is 0.670. The number of carbonyl (C=O) groups is 1. The number of furan rings is 2. The van der Waals surface area contributed by atoms with Gasteiger partial charge in [0.15, 0.2) is 0 Å². The van der Waals surface area contributed by atoms with Crippen LogP contribution in [0.1, 0.15) is 11.5 Å². The van der Waals surface area contributed by atoms with Crippen LogP contribution in [0, 0.1) is 0 Å². The highest BCUT2D eigenvalue weighted by atomic mass is 35.5. The minimum Gasteiger partial charge on any atom is -0.467 e. The highest BCUT2D eigenvalue weighted by Crippen LogP contribution is 2.16. The van der Waals surface area contributed by atoms with Crippen LogP contribution in [-0.2, 0) is 13.1 Å². The van der Waals surface area contributed by atoms with E-state index < -0.39 is 0 Å². The van der Waals surface area contributed by atoms with Gasteiger partial charge in [0.25, 0.3) is 0 Å². The number of carbonyl (C=O) groups excluding carboxylic acids is 1. The van der Waals surface area contributed by atoms with Crippen LogP contribution in [0.5, 0.6) is 0 Å². The average molecular weight is 331 g/mol. The SMILES string of the molecule is O=C(Nc1ccc(Cl)cc1)N(Cc1ccco1)Cc1ccco1. The van der Waals surface area contributed by atoms with Gasteiger partial charge >= 0.3 is 6.03 Å². The summed E-state index contributed by atoms with van der Waals surface area (Å²) in [7, 11) is 0. The maximum atomic E-state index is 12.5. The molecule has 2 heterocycles. The standard InChI is InChI=1S/C17H15ClN2O3/c18-13-5-7-14(8-6-13)19-17(21)20(11-15-3-1-9-22-15)12-16-4-2-10-23-16/h1-10H,11-12H2,(H,19,21). The lowest BCUT2D eigenvalue weighted by Crippen LogP contribution is -2.33. The van der Waals surface area contributed by atoms with Gasteiger partial charge in [0.05, 0.1) is 25.6 Å². The monoisotopic (exact) mass is 330 g/mol. The second kappa shape index (κ2) is 7.07. The Morgan fingerprint density at radius 1 is 0.957 bits per heavy atom. The molecule has 118 valence electrons. The normalized spacial score (nSPS) is 10.5. The summed E-state index contributed by atoms with van der Waals surface area (Å²) in [5, 5.41) is 3.46. The Bertz CT molecular complexity index is 701. The molecule has 0 aliphatic heterocycles. The van der Waals surface area contributed by atoms with Crippen molar-refractivity contribution in [2.75, 3.05) is 5.32 Å². The molecule has 2 aromatic heterocycles. The van der Waals surface area contributed by atoms with E-state index in [-0.39, 0.29) is 6.03 Å². The van der Waals surface area contributed by atoms with E-state index in [0.717, 1.165) is 0 Å². The van der Waals surface area contributed by atoms with Gasteiger partial charge in [-0.1, -0.05) is 11.6 Å². The predicted octanol–water partition coefficient (Wildman–Crippen LogP) is 4.76. The van der Waals surface area contributed by atoms with Crippen LogP contribution < -0.4 is 5.32 Å². The quantitative estimate of drug-likeness (QED) is 0.733. The number of urea groups is 1. The Morgan fingerprint density at radius 2 is 1.52 bits per heavy atom. The smallest absolute Gasteiger partial charge is 0.322 e. The number of hydrogen-bond donors (Lipinski definition) is 1. The third kappa shape index (κ3) is 4.17. The zero-order valence-corrected chi connectivity index (χ0v) is 13.0. The molecule has 23 heavy (non-hydrogen) atoms. The molecule has 0 aliphatic carbocycles. The van der Waals surface area contributed by atoms with Gasteiger partial charge in [0, 0.05) is 10.7 Å². The van der Waals surface area contributed by atoms with Crippen LogP contribution in [0.3, 0.4) is 0 Å². The molecule has 1 aromatic carbocycles. The number of benzene rings is 1. The topological polar surface area (TPSA) is 58.6 Å². The lowest BCUT2D eigenvalue weighted by atomic mass is 10.3. The van der Waals surface area contributed by atoms with Gasteiger partial charge in [0.2, 0.25) is 0 Å². The van der Waals surface area contributed by atoms with Gasteiger partial charge in [-0.3, -0.25) is 0 Å². The van der Waals surface area contributed by atoms with Crippen molar-refractivity contribution < 1.29 is 13.6 Å². The molecule has 1 N–H and O–H groups in total. The van der Waals surface area contributed by atoms with Gasteiger partial charge in [-0.2, -0.15) is 0 Å². The van der Waals surface area contributed by atoms with Crippen LogP contribution >= 0.6 is 11.6 Å². The van der Waals surface area contributed by atoms with Crippen molar-refractivity contribution >= 4 is 23.3 Å². The van der Waals surface area contributed by atoms with Crippen molar-refractivity contribution in [3.05, 3.63) is 77.6 Å². The Labute approximate surface area is 138 Å². The summed E-state index contributed by atoms with van der Waals surface area (Å²) in [4.78, 5) is 14.2. The molecule has 3 aromatic rings. The molecule has 0 saturated heterocycles. The first-order valence-electron chi connectivity index (χ1n) is 7.07. The molecule has 0 aliphatic rings. The van der Waals surface area contributed by atoms with Crippen LogP contribution in [0.25, 0.3) is 0 Å². The fourth-order valence-corrected chi connectivity index (χ4v) is 2.24. The Hall–Kier alpha value is -2.66. The minimum atomic E-state index is -0.250. The molecular formula is C17H15ClN2O3. The highest BCUT2D eigenvalue weighted by Gasteiger charge is 2.17. The first kappa shape index (κ1) is 15.2. The molecule has 0 saturated carbocycles. The van der Waals surface area contributed by atoms with Gasteiger partial charge < -0.3 is 19.1 Å². The number of anilines is 1.